The highest BCUT2D eigenvalue weighted by Crippen LogP contribution is 2.35. The van der Waals surface area contributed by atoms with E-state index in [1.165, 1.54) is 54.9 Å². The van der Waals surface area contributed by atoms with E-state index in [-0.39, 0.29) is 22.4 Å². The summed E-state index contributed by atoms with van der Waals surface area (Å²) in [6.07, 6.45) is 7.03. The van der Waals surface area contributed by atoms with Gasteiger partial charge in [-0.25, -0.2) is 5.43 Å². The Morgan fingerprint density at radius 1 is 1.23 bits per heavy atom. The lowest BCUT2D eigenvalue weighted by molar-refractivity contribution is -0.384. The largest absolute Gasteiger partial charge is 0.299 e. The van der Waals surface area contributed by atoms with Crippen LogP contribution in [0.3, 0.4) is 0 Å². The normalized spacial score (nSPS) is 14.3. The second kappa shape index (κ2) is 11.5. The fourth-order valence-corrected chi connectivity index (χ4v) is 5.02. The van der Waals surface area contributed by atoms with Crippen LogP contribution >= 0.6 is 23.4 Å². The topological polar surface area (TPSA) is 115 Å². The van der Waals surface area contributed by atoms with Crippen molar-refractivity contribution < 1.29 is 9.72 Å². The average Bonchev–Trinajstić information content (AvgIpc) is 3.28. The first-order chi connectivity index (χ1) is 16.9. The third-order valence-corrected chi connectivity index (χ3v) is 7.08. The highest BCUT2D eigenvalue weighted by atomic mass is 35.5. The molecule has 1 aliphatic carbocycles. The molecule has 1 heterocycles. The predicted octanol–water partition coefficient (Wildman–Crippen LogP) is 5.56. The molecule has 9 nitrogen and oxygen atoms in total. The van der Waals surface area contributed by atoms with Crippen molar-refractivity contribution in [1.29, 1.82) is 0 Å². The summed E-state index contributed by atoms with van der Waals surface area (Å²) < 4.78 is 2.18. The Morgan fingerprint density at radius 3 is 2.69 bits per heavy atom. The van der Waals surface area contributed by atoms with Crippen molar-refractivity contribution in [2.75, 3.05) is 5.75 Å². The summed E-state index contributed by atoms with van der Waals surface area (Å²) in [5.74, 6) is 0.614. The molecular weight excluding hydrogens is 488 g/mol. The summed E-state index contributed by atoms with van der Waals surface area (Å²) in [6.45, 7) is 2.05. The number of carbonyl (C=O) groups excluding carboxylic acids is 1. The van der Waals surface area contributed by atoms with Gasteiger partial charge in [0.15, 0.2) is 11.0 Å². The van der Waals surface area contributed by atoms with Crippen molar-refractivity contribution in [3.8, 4) is 11.4 Å². The molecule has 1 amide bonds. The molecule has 182 valence electrons. The molecule has 1 aromatic heterocycles. The smallest absolute Gasteiger partial charge is 0.288 e. The van der Waals surface area contributed by atoms with Gasteiger partial charge in [-0.1, -0.05) is 78.5 Å². The first-order valence-corrected chi connectivity index (χ1v) is 12.7. The number of carbonyl (C=O) groups is 1. The molecule has 0 radical (unpaired) electrons. The summed E-state index contributed by atoms with van der Waals surface area (Å²) in [4.78, 5) is 22.9. The van der Waals surface area contributed by atoms with E-state index in [1.54, 1.807) is 6.07 Å². The number of aromatic nitrogens is 3. The molecule has 1 saturated carbocycles. The van der Waals surface area contributed by atoms with Crippen LogP contribution in [-0.4, -0.2) is 37.6 Å². The van der Waals surface area contributed by atoms with Gasteiger partial charge in [0.2, 0.25) is 0 Å². The Labute approximate surface area is 212 Å². The number of hydrogen-bond donors (Lipinski definition) is 1. The SMILES string of the molecule is Cc1ccc(-c2nnc(SCC(=O)NN=Cc3ccc(Cl)c([N+](=O)[O-])c3)n2C2CCCCC2)cc1. The van der Waals surface area contributed by atoms with Gasteiger partial charge in [0, 0.05) is 23.2 Å². The van der Waals surface area contributed by atoms with Crippen LogP contribution in [-0.2, 0) is 4.79 Å². The van der Waals surface area contributed by atoms with Crippen LogP contribution in [0.4, 0.5) is 5.69 Å². The van der Waals surface area contributed by atoms with Gasteiger partial charge >= 0.3 is 0 Å². The number of hydrogen-bond acceptors (Lipinski definition) is 7. The molecule has 1 fully saturated rings. The standard InChI is InChI=1S/C24H25ClN6O3S/c1-16-7-10-18(11-8-16)23-28-29-24(30(23)19-5-3-2-4-6-19)35-15-22(32)27-26-14-17-9-12-20(25)21(13-17)31(33)34/h7-14,19H,2-6,15H2,1H3,(H,27,32). The zero-order valence-electron chi connectivity index (χ0n) is 19.2. The van der Waals surface area contributed by atoms with Gasteiger partial charge in [0.05, 0.1) is 16.9 Å². The second-order valence-electron chi connectivity index (χ2n) is 8.38. The first kappa shape index (κ1) is 24.9. The third-order valence-electron chi connectivity index (χ3n) is 5.82. The minimum Gasteiger partial charge on any atom is -0.299 e. The molecule has 2 aromatic carbocycles. The average molecular weight is 513 g/mol. The van der Waals surface area contributed by atoms with Crippen molar-refractivity contribution in [3.05, 3.63) is 68.7 Å². The number of amides is 1. The van der Waals surface area contributed by atoms with Crippen LogP contribution in [0.2, 0.25) is 5.02 Å². The maximum Gasteiger partial charge on any atom is 0.288 e. The number of benzene rings is 2. The number of rotatable bonds is 8. The molecule has 4 rings (SSSR count). The van der Waals surface area contributed by atoms with Crippen LogP contribution in [0.15, 0.2) is 52.7 Å². The summed E-state index contributed by atoms with van der Waals surface area (Å²) in [5.41, 5.74) is 4.88. The Kier molecular flexibility index (Phi) is 8.14. The Bertz CT molecular complexity index is 1240. The minimum absolute atomic E-state index is 0.0414. The van der Waals surface area contributed by atoms with Gasteiger partial charge in [-0.05, 0) is 25.8 Å². The van der Waals surface area contributed by atoms with E-state index in [4.69, 9.17) is 11.6 Å². The highest BCUT2D eigenvalue weighted by Gasteiger charge is 2.24. The van der Waals surface area contributed by atoms with E-state index in [1.807, 2.05) is 6.92 Å². The van der Waals surface area contributed by atoms with E-state index < -0.39 is 4.92 Å². The van der Waals surface area contributed by atoms with Gasteiger partial charge in [0.1, 0.15) is 5.02 Å². The van der Waals surface area contributed by atoms with E-state index >= 15 is 0 Å². The summed E-state index contributed by atoms with van der Waals surface area (Å²) >= 11 is 7.14. The molecular formula is C24H25ClN6O3S. The minimum atomic E-state index is -0.567. The second-order valence-corrected chi connectivity index (χ2v) is 9.73. The van der Waals surface area contributed by atoms with Crippen molar-refractivity contribution in [2.24, 2.45) is 5.10 Å². The van der Waals surface area contributed by atoms with Crippen molar-refractivity contribution in [1.82, 2.24) is 20.2 Å². The molecule has 0 atom stereocenters. The molecule has 0 saturated heterocycles. The molecule has 1 N–H and O–H groups in total. The van der Waals surface area contributed by atoms with Crippen LogP contribution in [0.5, 0.6) is 0 Å². The van der Waals surface area contributed by atoms with Gasteiger partial charge in [-0.2, -0.15) is 5.10 Å². The highest BCUT2D eigenvalue weighted by molar-refractivity contribution is 7.99. The van der Waals surface area contributed by atoms with E-state index in [2.05, 4.69) is 49.6 Å². The fraction of sp³-hybridized carbons (Fsp3) is 0.333. The van der Waals surface area contributed by atoms with Crippen molar-refractivity contribution in [2.45, 2.75) is 50.2 Å². The van der Waals surface area contributed by atoms with Crippen LogP contribution in [0.1, 0.15) is 49.3 Å². The number of nitro groups is 1. The lowest BCUT2D eigenvalue weighted by atomic mass is 9.95. The number of aryl methyl sites for hydroxylation is 1. The van der Waals surface area contributed by atoms with Gasteiger partial charge in [-0.3, -0.25) is 19.5 Å². The molecule has 11 heteroatoms. The lowest BCUT2D eigenvalue weighted by Gasteiger charge is -2.25. The number of hydrazone groups is 1. The maximum absolute atomic E-state index is 12.4. The molecule has 0 spiro atoms. The van der Waals surface area contributed by atoms with Crippen LogP contribution in [0.25, 0.3) is 11.4 Å². The maximum atomic E-state index is 12.4. The Balaban J connectivity index is 1.44. The Hall–Kier alpha value is -3.24. The molecule has 3 aromatic rings. The molecule has 35 heavy (non-hydrogen) atoms. The van der Waals surface area contributed by atoms with E-state index in [0.29, 0.717) is 16.8 Å². The monoisotopic (exact) mass is 512 g/mol. The molecule has 1 aliphatic rings. The number of nitrogens with zero attached hydrogens (tertiary/aromatic N) is 5. The molecule has 0 bridgehead atoms. The van der Waals surface area contributed by atoms with Gasteiger partial charge < -0.3 is 0 Å². The third kappa shape index (κ3) is 6.26. The number of nitro benzene ring substituents is 1. The molecule has 0 unspecified atom stereocenters. The zero-order chi connectivity index (χ0) is 24.8. The lowest BCUT2D eigenvalue weighted by Crippen LogP contribution is -2.20. The first-order valence-electron chi connectivity index (χ1n) is 11.3. The summed E-state index contributed by atoms with van der Waals surface area (Å²) in [6, 6.07) is 12.8. The fourth-order valence-electron chi connectivity index (χ4n) is 4.03. The quantitative estimate of drug-likeness (QED) is 0.183. The van der Waals surface area contributed by atoms with Crippen molar-refractivity contribution >= 4 is 41.2 Å². The zero-order valence-corrected chi connectivity index (χ0v) is 20.8. The predicted molar refractivity (Wildman–Crippen MR) is 137 cm³/mol. The summed E-state index contributed by atoms with van der Waals surface area (Å²) in [5, 5.41) is 24.5. The number of halogens is 1. The number of thioether (sulfide) groups is 1. The van der Waals surface area contributed by atoms with Crippen LogP contribution < -0.4 is 5.43 Å². The Morgan fingerprint density at radius 2 is 1.97 bits per heavy atom. The van der Waals surface area contributed by atoms with Crippen molar-refractivity contribution in [3.63, 3.8) is 0 Å². The summed E-state index contributed by atoms with van der Waals surface area (Å²) in [7, 11) is 0. The van der Waals surface area contributed by atoms with E-state index in [0.717, 1.165) is 24.2 Å². The molecule has 0 aliphatic heterocycles. The van der Waals surface area contributed by atoms with Crippen LogP contribution in [0, 0.1) is 17.0 Å². The number of nitrogens with one attached hydrogen (secondary N) is 1. The van der Waals surface area contributed by atoms with E-state index in [9.17, 15) is 14.9 Å². The van der Waals surface area contributed by atoms with Gasteiger partial charge in [0.25, 0.3) is 11.6 Å². The van der Waals surface area contributed by atoms with Gasteiger partial charge in [-0.15, -0.1) is 10.2 Å².